The van der Waals surface area contributed by atoms with Crippen LogP contribution in [-0.2, 0) is 0 Å². The van der Waals surface area contributed by atoms with Gasteiger partial charge in [-0.05, 0) is 42.3 Å². The number of hydrogen-bond donors (Lipinski definition) is 2. The van der Waals surface area contributed by atoms with Gasteiger partial charge in [0, 0.05) is 48.8 Å². The van der Waals surface area contributed by atoms with E-state index in [1.54, 1.807) is 24.3 Å². The van der Waals surface area contributed by atoms with Crippen LogP contribution in [0, 0.1) is 0 Å². The molecule has 3 rings (SSSR count). The quantitative estimate of drug-likeness (QED) is 0.763. The van der Waals surface area contributed by atoms with E-state index >= 15 is 0 Å². The third kappa shape index (κ3) is 5.67. The zero-order valence-electron chi connectivity index (χ0n) is 15.4. The maximum absolute atomic E-state index is 10.5. The Balaban J connectivity index is 1.51. The van der Waals surface area contributed by atoms with Gasteiger partial charge < -0.3 is 10.2 Å². The largest absolute Gasteiger partial charge is 0.387 e. The summed E-state index contributed by atoms with van der Waals surface area (Å²) < 4.78 is 0. The van der Waals surface area contributed by atoms with E-state index in [4.69, 9.17) is 23.2 Å². The van der Waals surface area contributed by atoms with Gasteiger partial charge in [-0.2, -0.15) is 0 Å². The Labute approximate surface area is 170 Å². The van der Waals surface area contributed by atoms with Crippen molar-refractivity contribution in [2.45, 2.75) is 25.2 Å². The molecule has 0 bridgehead atoms. The summed E-state index contributed by atoms with van der Waals surface area (Å²) in [6, 6.07) is 15.0. The van der Waals surface area contributed by atoms with Gasteiger partial charge in [-0.1, -0.05) is 47.5 Å². The van der Waals surface area contributed by atoms with Crippen molar-refractivity contribution in [1.29, 1.82) is 0 Å². The molecule has 0 saturated carbocycles. The van der Waals surface area contributed by atoms with Crippen LogP contribution in [0.5, 0.6) is 0 Å². The highest BCUT2D eigenvalue weighted by molar-refractivity contribution is 6.30. The Kier molecular flexibility index (Phi) is 7.15. The van der Waals surface area contributed by atoms with Crippen LogP contribution in [0.2, 0.25) is 10.0 Å². The molecule has 0 unspecified atom stereocenters. The molecule has 2 N–H and O–H groups in total. The molecule has 1 aliphatic heterocycles. The van der Waals surface area contributed by atoms with E-state index < -0.39 is 12.2 Å². The van der Waals surface area contributed by atoms with E-state index in [-0.39, 0.29) is 0 Å². The predicted molar refractivity (Wildman–Crippen MR) is 110 cm³/mol. The van der Waals surface area contributed by atoms with Crippen LogP contribution in [0.1, 0.15) is 30.3 Å². The lowest BCUT2D eigenvalue weighted by Gasteiger charge is -2.41. The lowest BCUT2D eigenvalue weighted by atomic mass is 10.1. The molecule has 1 aliphatic rings. The van der Waals surface area contributed by atoms with E-state index in [1.807, 2.05) is 24.3 Å². The van der Waals surface area contributed by atoms with E-state index in [1.165, 1.54) is 0 Å². The summed E-state index contributed by atoms with van der Waals surface area (Å²) in [5, 5.41) is 22.3. The number of halogens is 2. The monoisotopic (exact) mass is 408 g/mol. The van der Waals surface area contributed by atoms with Crippen molar-refractivity contribution in [2.75, 3.05) is 32.7 Å². The number of nitrogens with zero attached hydrogens (tertiary/aromatic N) is 2. The van der Waals surface area contributed by atoms with Crippen molar-refractivity contribution < 1.29 is 10.2 Å². The van der Waals surface area contributed by atoms with Gasteiger partial charge in [-0.25, -0.2) is 0 Å². The van der Waals surface area contributed by atoms with E-state index in [2.05, 4.69) is 16.7 Å². The number of β-amino-alcohol motifs (C(OH)–C–C–N with tert-alkyl or cyclic N) is 2. The van der Waals surface area contributed by atoms with E-state index in [0.717, 1.165) is 30.8 Å². The van der Waals surface area contributed by atoms with Crippen LogP contribution < -0.4 is 0 Å². The second kappa shape index (κ2) is 9.37. The molecule has 6 heteroatoms. The summed E-state index contributed by atoms with van der Waals surface area (Å²) in [7, 11) is 0. The van der Waals surface area contributed by atoms with E-state index in [0.29, 0.717) is 29.2 Å². The summed E-state index contributed by atoms with van der Waals surface area (Å²) in [4.78, 5) is 4.57. The molecule has 146 valence electrons. The van der Waals surface area contributed by atoms with Crippen LogP contribution in [0.25, 0.3) is 0 Å². The number of aliphatic hydroxyl groups is 2. The fourth-order valence-electron chi connectivity index (χ4n) is 3.56. The highest BCUT2D eigenvalue weighted by Crippen LogP contribution is 2.22. The highest BCUT2D eigenvalue weighted by Gasteiger charge is 2.27. The molecule has 0 aromatic heterocycles. The first-order valence-electron chi connectivity index (χ1n) is 9.26. The maximum atomic E-state index is 10.5. The van der Waals surface area contributed by atoms with Gasteiger partial charge in [0.05, 0.1) is 12.2 Å². The third-order valence-corrected chi connectivity index (χ3v) is 5.70. The first kappa shape index (κ1) is 20.6. The van der Waals surface area contributed by atoms with Crippen molar-refractivity contribution in [2.24, 2.45) is 0 Å². The molecular weight excluding hydrogens is 383 g/mol. The average Bonchev–Trinajstić information content (AvgIpc) is 2.65. The van der Waals surface area contributed by atoms with Gasteiger partial charge >= 0.3 is 0 Å². The van der Waals surface area contributed by atoms with Crippen LogP contribution in [0.3, 0.4) is 0 Å². The van der Waals surface area contributed by atoms with Gasteiger partial charge in [-0.15, -0.1) is 0 Å². The van der Waals surface area contributed by atoms with Crippen LogP contribution >= 0.6 is 23.2 Å². The Morgan fingerprint density at radius 2 is 1.33 bits per heavy atom. The van der Waals surface area contributed by atoms with Crippen molar-refractivity contribution in [1.82, 2.24) is 9.80 Å². The molecular formula is C21H26Cl2N2O2. The Bertz CT molecular complexity index is 724. The fraction of sp³-hybridized carbons (Fsp3) is 0.429. The summed E-state index contributed by atoms with van der Waals surface area (Å²) in [6.07, 6.45) is -1.06. The van der Waals surface area contributed by atoms with Crippen molar-refractivity contribution in [3.05, 3.63) is 69.7 Å². The minimum absolute atomic E-state index is 0.304. The van der Waals surface area contributed by atoms with Crippen molar-refractivity contribution >= 4 is 23.2 Å². The first-order chi connectivity index (χ1) is 12.9. The Hall–Kier alpha value is -1.14. The fourth-order valence-corrected chi connectivity index (χ4v) is 3.81. The molecule has 0 radical (unpaired) electrons. The maximum Gasteiger partial charge on any atom is 0.0917 e. The molecule has 2 aromatic rings. The number of rotatable bonds is 6. The standard InChI is InChI=1S/C21H26Cl2N2O2/c1-15-12-24(13-20(26)16-2-6-18(22)7-3-16)10-11-25(15)14-21(27)17-4-8-19(23)9-5-17/h2-9,15,20-21,26-27H,10-14H2,1H3/t15-,20-,21-/m1/s1. The van der Waals surface area contributed by atoms with Crippen molar-refractivity contribution in [3.63, 3.8) is 0 Å². The molecule has 1 saturated heterocycles. The van der Waals surface area contributed by atoms with Crippen LogP contribution in [0.15, 0.2) is 48.5 Å². The Morgan fingerprint density at radius 3 is 1.81 bits per heavy atom. The molecule has 1 fully saturated rings. The lowest BCUT2D eigenvalue weighted by molar-refractivity contribution is 0.0199. The molecule has 3 atom stereocenters. The zero-order chi connectivity index (χ0) is 19.4. The van der Waals surface area contributed by atoms with Gasteiger partial charge in [0.25, 0.3) is 0 Å². The zero-order valence-corrected chi connectivity index (χ0v) is 16.9. The van der Waals surface area contributed by atoms with E-state index in [9.17, 15) is 10.2 Å². The topological polar surface area (TPSA) is 46.9 Å². The lowest BCUT2D eigenvalue weighted by Crippen LogP contribution is -2.53. The molecule has 0 aliphatic carbocycles. The van der Waals surface area contributed by atoms with Crippen LogP contribution in [-0.4, -0.2) is 58.8 Å². The molecule has 2 aromatic carbocycles. The minimum atomic E-state index is -0.532. The number of benzene rings is 2. The summed E-state index contributed by atoms with van der Waals surface area (Å²) in [5.41, 5.74) is 1.76. The van der Waals surface area contributed by atoms with Gasteiger partial charge in [0.1, 0.15) is 0 Å². The molecule has 0 spiro atoms. The second-order valence-corrected chi connectivity index (χ2v) is 8.11. The molecule has 0 amide bonds. The van der Waals surface area contributed by atoms with Gasteiger partial charge in [0.15, 0.2) is 0 Å². The summed E-state index contributed by atoms with van der Waals surface area (Å²) >= 11 is 11.8. The second-order valence-electron chi connectivity index (χ2n) is 7.24. The average molecular weight is 409 g/mol. The number of hydrogen-bond acceptors (Lipinski definition) is 4. The first-order valence-corrected chi connectivity index (χ1v) is 10.0. The highest BCUT2D eigenvalue weighted by atomic mass is 35.5. The summed E-state index contributed by atoms with van der Waals surface area (Å²) in [5.74, 6) is 0. The van der Waals surface area contributed by atoms with Gasteiger partial charge in [0.2, 0.25) is 0 Å². The number of aliphatic hydroxyl groups excluding tert-OH is 2. The van der Waals surface area contributed by atoms with Crippen LogP contribution in [0.4, 0.5) is 0 Å². The predicted octanol–water partition coefficient (Wildman–Crippen LogP) is 3.77. The smallest absolute Gasteiger partial charge is 0.0917 e. The Morgan fingerprint density at radius 1 is 0.852 bits per heavy atom. The molecule has 4 nitrogen and oxygen atoms in total. The SMILES string of the molecule is C[C@@H]1CN(C[C@@H](O)c2ccc(Cl)cc2)CCN1C[C@@H](O)c1ccc(Cl)cc1. The molecule has 1 heterocycles. The minimum Gasteiger partial charge on any atom is -0.387 e. The molecule has 27 heavy (non-hydrogen) atoms. The normalized spacial score (nSPS) is 21.1. The van der Waals surface area contributed by atoms with Crippen molar-refractivity contribution in [3.8, 4) is 0 Å². The summed E-state index contributed by atoms with van der Waals surface area (Å²) in [6.45, 7) is 5.94. The third-order valence-electron chi connectivity index (χ3n) is 5.20. The van der Waals surface area contributed by atoms with Gasteiger partial charge in [-0.3, -0.25) is 9.80 Å². The number of piperazine rings is 1.